The van der Waals surface area contributed by atoms with Crippen LogP contribution in [-0.4, -0.2) is 35.4 Å². The summed E-state index contributed by atoms with van der Waals surface area (Å²) in [6.45, 7) is 10.00. The summed E-state index contributed by atoms with van der Waals surface area (Å²) in [7, 11) is 0. The van der Waals surface area contributed by atoms with Crippen LogP contribution in [0.3, 0.4) is 0 Å². The van der Waals surface area contributed by atoms with Crippen molar-refractivity contribution in [3.63, 3.8) is 0 Å². The molecule has 11 heteroatoms. The van der Waals surface area contributed by atoms with Crippen molar-refractivity contribution in [2.75, 3.05) is 5.32 Å². The number of nitrogens with one attached hydrogen (secondary N) is 2. The summed E-state index contributed by atoms with van der Waals surface area (Å²) in [5, 5.41) is 11.0. The van der Waals surface area contributed by atoms with E-state index in [0.29, 0.717) is 33.7 Å². The van der Waals surface area contributed by atoms with Crippen molar-refractivity contribution in [1.82, 2.24) is 19.8 Å². The number of ether oxygens (including phenoxy) is 1. The quantitative estimate of drug-likeness (QED) is 0.217. The van der Waals surface area contributed by atoms with Crippen LogP contribution < -0.4 is 14.2 Å². The molecule has 2 unspecified atom stereocenters. The predicted octanol–water partition coefficient (Wildman–Crippen LogP) is 6.38. The van der Waals surface area contributed by atoms with E-state index < -0.39 is 22.4 Å². The molecule has 41 heavy (non-hydrogen) atoms. The average Bonchev–Trinajstić information content (AvgIpc) is 3.48. The van der Waals surface area contributed by atoms with Gasteiger partial charge in [0.05, 0.1) is 5.69 Å². The molecule has 2 N–H and O–H groups in total. The minimum atomic E-state index is -2.15. The van der Waals surface area contributed by atoms with Crippen molar-refractivity contribution in [2.24, 2.45) is 0 Å². The molecule has 3 aromatic carbocycles. The van der Waals surface area contributed by atoms with E-state index in [9.17, 15) is 9.00 Å². The number of hydrogen-bond donors (Lipinski definition) is 2. The van der Waals surface area contributed by atoms with Gasteiger partial charge in [0.1, 0.15) is 16.5 Å². The van der Waals surface area contributed by atoms with Gasteiger partial charge in [-0.1, -0.05) is 62.2 Å². The number of rotatable bonds is 8. The van der Waals surface area contributed by atoms with Crippen LogP contribution in [0.25, 0.3) is 17.0 Å². The van der Waals surface area contributed by atoms with Gasteiger partial charge < -0.3 is 14.2 Å². The molecule has 0 aliphatic rings. The third-order valence-electron chi connectivity index (χ3n) is 6.22. The summed E-state index contributed by atoms with van der Waals surface area (Å²) in [4.78, 5) is 17.9. The number of carbonyl (C=O) groups is 1. The summed E-state index contributed by atoms with van der Waals surface area (Å²) in [6.07, 6.45) is 0. The zero-order valence-corrected chi connectivity index (χ0v) is 24.8. The smallest absolute Gasteiger partial charge is 0.287 e. The SMILES string of the molecule is Cc1ccc(OS(=O)C(Oc2cccc(C)c2)C(=O)Nc2ccc(-c3nc4c(Cl)c(C(C)(C)C)[nH]n4n3)cc2)cc1. The highest BCUT2D eigenvalue weighted by Crippen LogP contribution is 2.32. The first-order chi connectivity index (χ1) is 19.5. The van der Waals surface area contributed by atoms with Gasteiger partial charge >= 0.3 is 0 Å². The van der Waals surface area contributed by atoms with E-state index >= 15 is 0 Å². The molecule has 0 saturated carbocycles. The highest BCUT2D eigenvalue weighted by Gasteiger charge is 2.30. The van der Waals surface area contributed by atoms with E-state index in [1.165, 1.54) is 0 Å². The number of carbonyl (C=O) groups excluding carboxylic acids is 1. The van der Waals surface area contributed by atoms with E-state index in [4.69, 9.17) is 20.5 Å². The lowest BCUT2D eigenvalue weighted by atomic mass is 9.92. The summed E-state index contributed by atoms with van der Waals surface area (Å²) >= 11 is 4.41. The van der Waals surface area contributed by atoms with Gasteiger partial charge in [0.25, 0.3) is 22.4 Å². The molecule has 0 bridgehead atoms. The maximum atomic E-state index is 13.3. The fraction of sp³-hybridized carbons (Fsp3) is 0.233. The van der Waals surface area contributed by atoms with E-state index in [1.54, 1.807) is 59.2 Å². The van der Waals surface area contributed by atoms with Crippen molar-refractivity contribution >= 4 is 39.9 Å². The van der Waals surface area contributed by atoms with Crippen LogP contribution in [0.2, 0.25) is 5.02 Å². The first-order valence-electron chi connectivity index (χ1n) is 12.9. The molecule has 212 valence electrons. The number of aromatic nitrogens is 4. The normalized spacial score (nSPS) is 13.1. The zero-order chi connectivity index (χ0) is 29.3. The second-order valence-electron chi connectivity index (χ2n) is 10.7. The summed E-state index contributed by atoms with van der Waals surface area (Å²) in [6, 6.07) is 21.2. The van der Waals surface area contributed by atoms with Crippen LogP contribution in [0.4, 0.5) is 5.69 Å². The van der Waals surface area contributed by atoms with E-state index in [-0.39, 0.29) is 5.41 Å². The number of hydrogen-bond acceptors (Lipinski definition) is 6. The van der Waals surface area contributed by atoms with Gasteiger partial charge in [0.2, 0.25) is 0 Å². The number of aromatic amines is 1. The summed E-state index contributed by atoms with van der Waals surface area (Å²) in [5.41, 5.74) is 2.93. The van der Waals surface area contributed by atoms with E-state index in [0.717, 1.165) is 22.4 Å². The molecule has 0 aliphatic carbocycles. The monoisotopic (exact) mass is 591 g/mol. The Morgan fingerprint density at radius 1 is 1.00 bits per heavy atom. The van der Waals surface area contributed by atoms with Crippen molar-refractivity contribution in [3.8, 4) is 22.9 Å². The number of amides is 1. The Balaban J connectivity index is 1.34. The fourth-order valence-corrected chi connectivity index (χ4v) is 5.31. The lowest BCUT2D eigenvalue weighted by Crippen LogP contribution is -2.38. The topological polar surface area (TPSA) is 111 Å². The number of aryl methyl sites for hydroxylation is 2. The Bertz CT molecular complexity index is 1720. The molecular weight excluding hydrogens is 562 g/mol. The molecule has 2 aromatic heterocycles. The zero-order valence-electron chi connectivity index (χ0n) is 23.3. The van der Waals surface area contributed by atoms with Crippen LogP contribution in [0.1, 0.15) is 37.6 Å². The standard InChI is InChI=1S/C30H30ClN5O4S/c1-18-9-15-22(16-10-18)40-41(38)29(39-23-8-6-7-19(2)17-23)28(37)32-21-13-11-20(12-14-21)26-33-27-24(31)25(30(3,4)5)34-36(27)35-26/h6-17,29,34H,1-5H3,(H,32,37). The van der Waals surface area contributed by atoms with Crippen LogP contribution in [0.5, 0.6) is 11.5 Å². The Morgan fingerprint density at radius 3 is 2.34 bits per heavy atom. The third-order valence-corrected chi connectivity index (χ3v) is 7.60. The van der Waals surface area contributed by atoms with Gasteiger partial charge in [-0.3, -0.25) is 9.89 Å². The molecule has 5 aromatic rings. The molecule has 0 aliphatic heterocycles. The number of nitrogens with zero attached hydrogens (tertiary/aromatic N) is 3. The van der Waals surface area contributed by atoms with Crippen LogP contribution in [0.15, 0.2) is 72.8 Å². The second-order valence-corrected chi connectivity index (χ2v) is 12.2. The maximum Gasteiger partial charge on any atom is 0.287 e. The average molecular weight is 592 g/mol. The summed E-state index contributed by atoms with van der Waals surface area (Å²) in [5.74, 6) is 0.614. The van der Waals surface area contributed by atoms with Gasteiger partial charge in [-0.15, -0.1) is 5.10 Å². The van der Waals surface area contributed by atoms with Crippen molar-refractivity contribution in [1.29, 1.82) is 0 Å². The largest absolute Gasteiger partial charge is 0.463 e. The first-order valence-corrected chi connectivity index (χ1v) is 14.4. The minimum absolute atomic E-state index is 0.185. The number of halogens is 1. The number of fused-ring (bicyclic) bond motifs is 1. The molecule has 0 radical (unpaired) electrons. The predicted molar refractivity (Wildman–Crippen MR) is 161 cm³/mol. The summed E-state index contributed by atoms with van der Waals surface area (Å²) < 4.78 is 26.2. The maximum absolute atomic E-state index is 13.3. The van der Waals surface area contributed by atoms with Crippen LogP contribution in [-0.2, 0) is 21.3 Å². The highest BCUT2D eigenvalue weighted by atomic mass is 35.5. The van der Waals surface area contributed by atoms with Crippen molar-refractivity contribution in [2.45, 2.75) is 45.5 Å². The molecule has 9 nitrogen and oxygen atoms in total. The Labute approximate surface area is 245 Å². The van der Waals surface area contributed by atoms with Gasteiger partial charge in [-0.25, -0.2) is 9.19 Å². The Kier molecular flexibility index (Phi) is 7.88. The first kappa shape index (κ1) is 28.4. The minimum Gasteiger partial charge on any atom is -0.463 e. The molecule has 0 spiro atoms. The Hall–Kier alpha value is -4.15. The fourth-order valence-electron chi connectivity index (χ4n) is 4.05. The third kappa shape index (κ3) is 6.44. The lowest BCUT2D eigenvalue weighted by Gasteiger charge is -2.18. The molecule has 0 fully saturated rings. The van der Waals surface area contributed by atoms with Gasteiger partial charge in [0, 0.05) is 16.7 Å². The second kappa shape index (κ2) is 11.4. The highest BCUT2D eigenvalue weighted by molar-refractivity contribution is 7.81. The number of anilines is 1. The molecular formula is C30H30ClN5O4S. The molecule has 1 amide bonds. The molecule has 2 atom stereocenters. The van der Waals surface area contributed by atoms with Gasteiger partial charge in [-0.2, -0.15) is 4.63 Å². The van der Waals surface area contributed by atoms with Gasteiger partial charge in [-0.05, 0) is 67.9 Å². The van der Waals surface area contributed by atoms with Gasteiger partial charge in [0.15, 0.2) is 11.5 Å². The number of benzene rings is 3. The van der Waals surface area contributed by atoms with Crippen LogP contribution >= 0.6 is 11.6 Å². The van der Waals surface area contributed by atoms with Crippen LogP contribution in [0, 0.1) is 13.8 Å². The van der Waals surface area contributed by atoms with E-state index in [2.05, 4.69) is 41.3 Å². The lowest BCUT2D eigenvalue weighted by molar-refractivity contribution is -0.119. The number of H-pyrrole nitrogens is 1. The molecule has 5 rings (SSSR count). The molecule has 0 saturated heterocycles. The van der Waals surface area contributed by atoms with Crippen molar-refractivity contribution < 1.29 is 17.9 Å². The Morgan fingerprint density at radius 2 is 1.71 bits per heavy atom. The molecule has 2 heterocycles. The van der Waals surface area contributed by atoms with E-state index in [1.807, 2.05) is 32.0 Å². The van der Waals surface area contributed by atoms with Crippen molar-refractivity contribution in [3.05, 3.63) is 94.6 Å².